The van der Waals surface area contributed by atoms with E-state index in [1.807, 2.05) is 6.92 Å². The van der Waals surface area contributed by atoms with Crippen molar-refractivity contribution >= 4 is 39.1 Å². The minimum absolute atomic E-state index is 0.0561. The summed E-state index contributed by atoms with van der Waals surface area (Å²) in [6, 6.07) is 6.08. The average molecular weight is 342 g/mol. The highest BCUT2D eigenvalue weighted by atomic mass is 79.9. The number of aryl methyl sites for hydroxylation is 1. The van der Waals surface area contributed by atoms with Crippen molar-refractivity contribution in [2.24, 2.45) is 0 Å². The van der Waals surface area contributed by atoms with Gasteiger partial charge in [-0.25, -0.2) is 4.98 Å². The van der Waals surface area contributed by atoms with E-state index in [0.29, 0.717) is 11.3 Å². The number of carbonyl (C=O) groups is 1. The molecule has 19 heavy (non-hydrogen) atoms. The first-order chi connectivity index (χ1) is 8.97. The molecule has 6 heteroatoms. The highest BCUT2D eigenvalue weighted by molar-refractivity contribution is 9.10. The molecule has 0 saturated carbocycles. The van der Waals surface area contributed by atoms with Gasteiger partial charge in [0.25, 0.3) is 5.91 Å². The molecule has 0 aliphatic rings. The third kappa shape index (κ3) is 3.24. The molecule has 4 nitrogen and oxygen atoms in total. The summed E-state index contributed by atoms with van der Waals surface area (Å²) in [5, 5.41) is 12.2. The number of hydrogen-bond donors (Lipinski definition) is 2. The Labute approximate surface area is 123 Å². The first-order valence-electron chi connectivity index (χ1n) is 5.39. The van der Waals surface area contributed by atoms with Crippen molar-refractivity contribution in [1.82, 2.24) is 4.98 Å². The molecule has 0 bridgehead atoms. The van der Waals surface area contributed by atoms with Gasteiger partial charge >= 0.3 is 0 Å². The van der Waals surface area contributed by atoms with Crippen molar-refractivity contribution in [3.63, 3.8) is 0 Å². The van der Waals surface area contributed by atoms with Crippen molar-refractivity contribution in [2.75, 3.05) is 5.32 Å². The number of nitrogens with one attached hydrogen (secondary N) is 1. The Morgan fingerprint density at radius 1 is 1.42 bits per heavy atom. The number of aromatic nitrogens is 1. The molecule has 0 aliphatic heterocycles. The highest BCUT2D eigenvalue weighted by Crippen LogP contribution is 2.24. The third-order valence-corrected chi connectivity index (χ3v) is 3.62. The van der Waals surface area contributed by atoms with Gasteiger partial charge in [-0.1, -0.05) is 11.6 Å². The van der Waals surface area contributed by atoms with Crippen LogP contribution in [0.3, 0.4) is 0 Å². The van der Waals surface area contributed by atoms with Crippen LogP contribution in [0.15, 0.2) is 35.1 Å². The minimum Gasteiger partial charge on any atom is -0.506 e. The van der Waals surface area contributed by atoms with Crippen molar-refractivity contribution < 1.29 is 9.90 Å². The van der Waals surface area contributed by atoms with Gasteiger partial charge in [0.05, 0.1) is 16.9 Å². The van der Waals surface area contributed by atoms with E-state index in [-0.39, 0.29) is 16.7 Å². The number of aromatic hydroxyl groups is 1. The van der Waals surface area contributed by atoms with E-state index in [1.165, 1.54) is 18.2 Å². The molecule has 0 atom stereocenters. The number of anilines is 1. The molecule has 0 fully saturated rings. The lowest BCUT2D eigenvalue weighted by atomic mass is 10.2. The summed E-state index contributed by atoms with van der Waals surface area (Å²) in [6.07, 6.45) is 1.55. The molecule has 2 rings (SSSR count). The standard InChI is InChI=1S/C13H10BrClN2O2/c1-7-4-9(6-16-12(7)14)17-13(19)8-2-3-11(18)10(15)5-8/h2-6,18H,1H3,(H,17,19). The fourth-order valence-corrected chi connectivity index (χ4v) is 1.88. The third-order valence-electron chi connectivity index (χ3n) is 2.48. The number of pyridine rings is 1. The fourth-order valence-electron chi connectivity index (χ4n) is 1.48. The highest BCUT2D eigenvalue weighted by Gasteiger charge is 2.09. The molecule has 2 aromatic rings. The van der Waals surface area contributed by atoms with Crippen LogP contribution in [-0.4, -0.2) is 16.0 Å². The number of rotatable bonds is 2. The molecular weight excluding hydrogens is 332 g/mol. The van der Waals surface area contributed by atoms with Crippen LogP contribution in [0, 0.1) is 6.92 Å². The van der Waals surface area contributed by atoms with Gasteiger partial charge in [0, 0.05) is 5.56 Å². The van der Waals surface area contributed by atoms with Crippen LogP contribution >= 0.6 is 27.5 Å². The Hall–Kier alpha value is -1.59. The molecule has 1 aromatic carbocycles. The van der Waals surface area contributed by atoms with Crippen LogP contribution in [-0.2, 0) is 0 Å². The molecule has 2 N–H and O–H groups in total. The average Bonchev–Trinajstić information content (AvgIpc) is 2.37. The Bertz CT molecular complexity index is 647. The zero-order valence-corrected chi connectivity index (χ0v) is 12.3. The van der Waals surface area contributed by atoms with E-state index >= 15 is 0 Å². The van der Waals surface area contributed by atoms with Gasteiger partial charge in [-0.15, -0.1) is 0 Å². The van der Waals surface area contributed by atoms with Crippen LogP contribution < -0.4 is 5.32 Å². The number of phenolic OH excluding ortho intramolecular Hbond substituents is 1. The molecule has 0 aliphatic carbocycles. The molecule has 1 heterocycles. The number of phenols is 1. The molecule has 1 aromatic heterocycles. The van der Waals surface area contributed by atoms with Gasteiger partial charge in [0.2, 0.25) is 0 Å². The summed E-state index contributed by atoms with van der Waals surface area (Å²) in [6.45, 7) is 1.88. The topological polar surface area (TPSA) is 62.2 Å². The number of benzene rings is 1. The maximum atomic E-state index is 12.0. The van der Waals surface area contributed by atoms with Gasteiger partial charge in [-0.2, -0.15) is 0 Å². The lowest BCUT2D eigenvalue weighted by molar-refractivity contribution is 0.102. The molecular formula is C13H10BrClN2O2. The lowest BCUT2D eigenvalue weighted by Crippen LogP contribution is -2.12. The zero-order valence-electron chi connectivity index (χ0n) is 9.95. The number of nitrogens with zero attached hydrogens (tertiary/aromatic N) is 1. The second kappa shape index (κ2) is 5.59. The van der Waals surface area contributed by atoms with Crippen LogP contribution in [0.2, 0.25) is 5.02 Å². The number of halogens is 2. The summed E-state index contributed by atoms with van der Waals surface area (Å²) < 4.78 is 0.734. The summed E-state index contributed by atoms with van der Waals surface area (Å²) in [4.78, 5) is 16.1. The SMILES string of the molecule is Cc1cc(NC(=O)c2ccc(O)c(Cl)c2)cnc1Br. The molecule has 0 unspecified atom stereocenters. The summed E-state index contributed by atoms with van der Waals surface area (Å²) in [7, 11) is 0. The first-order valence-corrected chi connectivity index (χ1v) is 6.56. The maximum Gasteiger partial charge on any atom is 0.255 e. The van der Waals surface area contributed by atoms with Crippen LogP contribution in [0.1, 0.15) is 15.9 Å². The molecule has 1 amide bonds. The van der Waals surface area contributed by atoms with Gasteiger partial charge < -0.3 is 10.4 Å². The largest absolute Gasteiger partial charge is 0.506 e. The van der Waals surface area contributed by atoms with E-state index in [0.717, 1.165) is 10.2 Å². The zero-order chi connectivity index (χ0) is 14.0. The van der Waals surface area contributed by atoms with Gasteiger partial charge in [0.1, 0.15) is 10.4 Å². The van der Waals surface area contributed by atoms with E-state index < -0.39 is 0 Å². The van der Waals surface area contributed by atoms with E-state index in [1.54, 1.807) is 12.3 Å². The molecule has 0 saturated heterocycles. The molecule has 0 spiro atoms. The van der Waals surface area contributed by atoms with E-state index in [9.17, 15) is 9.90 Å². The lowest BCUT2D eigenvalue weighted by Gasteiger charge is -2.07. The quantitative estimate of drug-likeness (QED) is 0.818. The van der Waals surface area contributed by atoms with Crippen LogP contribution in [0.25, 0.3) is 0 Å². The van der Waals surface area contributed by atoms with Gasteiger partial charge in [-0.3, -0.25) is 4.79 Å². The fraction of sp³-hybridized carbons (Fsp3) is 0.0769. The smallest absolute Gasteiger partial charge is 0.255 e. The Balaban J connectivity index is 2.20. The first kappa shape index (κ1) is 13.8. The Kier molecular flexibility index (Phi) is 4.07. The van der Waals surface area contributed by atoms with Crippen molar-refractivity contribution in [3.8, 4) is 5.75 Å². The van der Waals surface area contributed by atoms with E-state index in [4.69, 9.17) is 11.6 Å². The predicted octanol–water partition coefficient (Wildman–Crippen LogP) is 3.76. The number of carbonyl (C=O) groups excluding carboxylic acids is 1. The Morgan fingerprint density at radius 2 is 2.16 bits per heavy atom. The molecule has 0 radical (unpaired) electrons. The van der Waals surface area contributed by atoms with Crippen molar-refractivity contribution in [2.45, 2.75) is 6.92 Å². The summed E-state index contributed by atoms with van der Waals surface area (Å²) in [5.41, 5.74) is 1.87. The second-order valence-electron chi connectivity index (χ2n) is 3.95. The number of hydrogen-bond acceptors (Lipinski definition) is 3. The number of amides is 1. The Morgan fingerprint density at radius 3 is 2.79 bits per heavy atom. The van der Waals surface area contributed by atoms with Crippen molar-refractivity contribution in [1.29, 1.82) is 0 Å². The van der Waals surface area contributed by atoms with Crippen molar-refractivity contribution in [3.05, 3.63) is 51.2 Å². The minimum atomic E-state index is -0.314. The van der Waals surface area contributed by atoms with Crippen LogP contribution in [0.4, 0.5) is 5.69 Å². The second-order valence-corrected chi connectivity index (χ2v) is 5.11. The van der Waals surface area contributed by atoms with Gasteiger partial charge in [-0.05, 0) is 52.7 Å². The molecule has 98 valence electrons. The van der Waals surface area contributed by atoms with E-state index in [2.05, 4.69) is 26.2 Å². The van der Waals surface area contributed by atoms with Gasteiger partial charge in [0.15, 0.2) is 0 Å². The maximum absolute atomic E-state index is 12.0. The predicted molar refractivity (Wildman–Crippen MR) is 77.7 cm³/mol. The monoisotopic (exact) mass is 340 g/mol. The normalized spacial score (nSPS) is 10.3. The van der Waals surface area contributed by atoms with Crippen LogP contribution in [0.5, 0.6) is 5.75 Å². The summed E-state index contributed by atoms with van der Waals surface area (Å²) >= 11 is 9.05. The summed E-state index contributed by atoms with van der Waals surface area (Å²) in [5.74, 6) is -0.371.